The van der Waals surface area contributed by atoms with Crippen LogP contribution in [0.2, 0.25) is 0 Å². The number of hydrogen-bond acceptors (Lipinski definition) is 8. The molecule has 4 aromatic heterocycles. The highest BCUT2D eigenvalue weighted by Crippen LogP contribution is 2.50. The molecule has 0 aliphatic rings. The zero-order chi connectivity index (χ0) is 100.0. The number of rotatable bonds is 20. The summed E-state index contributed by atoms with van der Waals surface area (Å²) in [7, 11) is 0. The lowest BCUT2D eigenvalue weighted by Gasteiger charge is -2.27. The van der Waals surface area contributed by atoms with Gasteiger partial charge in [-0.25, -0.2) is 0 Å². The molecule has 0 spiro atoms. The van der Waals surface area contributed by atoms with Gasteiger partial charge in [0.15, 0.2) is 22.3 Å². The van der Waals surface area contributed by atoms with Crippen LogP contribution in [0.25, 0.3) is 198 Å². The van der Waals surface area contributed by atoms with Crippen molar-refractivity contribution in [1.29, 1.82) is 0 Å². The molecule has 28 rings (SSSR count). The minimum Gasteiger partial charge on any atom is -0.452 e. The van der Waals surface area contributed by atoms with Crippen LogP contribution in [0.4, 0.5) is 68.2 Å². The lowest BCUT2D eigenvalue weighted by Crippen LogP contribution is -2.10. The Morgan fingerprint density at radius 2 is 0.327 bits per heavy atom. The minimum atomic E-state index is 0.402. The summed E-state index contributed by atoms with van der Waals surface area (Å²) in [6.07, 6.45) is 0. The van der Waals surface area contributed by atoms with Gasteiger partial charge in [-0.05, 0) is 351 Å². The second kappa shape index (κ2) is 37.7. The Morgan fingerprint density at radius 3 is 0.560 bits per heavy atom. The molecule has 24 aromatic carbocycles. The minimum absolute atomic E-state index is 0.402. The monoisotopic (exact) mass is 1920 g/mol. The largest absolute Gasteiger partial charge is 0.452 e. The third-order valence-electron chi connectivity index (χ3n) is 29.9. The van der Waals surface area contributed by atoms with Gasteiger partial charge < -0.3 is 37.3 Å². The predicted octanol–water partition coefficient (Wildman–Crippen LogP) is 41.7. The Morgan fingerprint density at radius 1 is 0.133 bits per heavy atom. The molecule has 0 bridgehead atoms. The van der Waals surface area contributed by atoms with E-state index < -0.39 is 0 Å². The first-order chi connectivity index (χ1) is 73.9. The Labute approximate surface area is 869 Å². The summed E-state index contributed by atoms with van der Waals surface area (Å²) in [5.41, 5.74) is 36.1. The van der Waals surface area contributed by atoms with Crippen LogP contribution in [0.1, 0.15) is 50.7 Å². The quantitative estimate of drug-likeness (QED) is 0.0748. The van der Waals surface area contributed by atoms with Gasteiger partial charge >= 0.3 is 0 Å². The van der Waals surface area contributed by atoms with Gasteiger partial charge in [0.25, 0.3) is 0 Å². The molecule has 8 nitrogen and oxygen atoms in total. The molecule has 0 aliphatic carbocycles. The van der Waals surface area contributed by atoms with Crippen molar-refractivity contribution in [2.24, 2.45) is 0 Å². The van der Waals surface area contributed by atoms with Gasteiger partial charge in [-0.3, -0.25) is 0 Å². The van der Waals surface area contributed by atoms with Crippen molar-refractivity contribution >= 4 is 199 Å². The summed E-state index contributed by atoms with van der Waals surface area (Å²) in [4.78, 5) is 9.41. The molecule has 0 unspecified atom stereocenters. The Bertz CT molecular complexity index is 9420. The number of fused-ring (bicyclic) bond motifs is 18. The summed E-state index contributed by atoms with van der Waals surface area (Å²) in [5.74, 6) is 0.805. The molecule has 150 heavy (non-hydrogen) atoms. The van der Waals surface area contributed by atoms with Crippen LogP contribution in [-0.4, -0.2) is 0 Å². The number of furan rings is 4. The molecule has 712 valence electrons. The highest BCUT2D eigenvalue weighted by Gasteiger charge is 2.27. The van der Waals surface area contributed by atoms with Crippen LogP contribution in [0.5, 0.6) is 0 Å². The lowest BCUT2D eigenvalue weighted by molar-refractivity contribution is 0.634. The lowest BCUT2D eigenvalue weighted by atomic mass is 10.0. The van der Waals surface area contributed by atoms with E-state index in [9.17, 15) is 0 Å². The third kappa shape index (κ3) is 16.7. The smallest absolute Gasteiger partial charge is 0.178 e. The maximum atomic E-state index is 6.90. The average Bonchev–Trinajstić information content (AvgIpc) is 1.57. The molecule has 0 N–H and O–H groups in total. The van der Waals surface area contributed by atoms with Crippen molar-refractivity contribution < 1.29 is 17.7 Å². The Hall–Kier alpha value is -19.3. The van der Waals surface area contributed by atoms with E-state index in [1.807, 2.05) is 0 Å². The van der Waals surface area contributed by atoms with Gasteiger partial charge in [0.05, 0.1) is 0 Å². The molecule has 0 atom stereocenters. The highest BCUT2D eigenvalue weighted by atomic mass is 16.4. The molecule has 8 heteroatoms. The first kappa shape index (κ1) is 89.6. The van der Waals surface area contributed by atoms with Crippen molar-refractivity contribution in [2.75, 3.05) is 19.6 Å². The molecular weight excluding hydrogens is 1830 g/mol. The van der Waals surface area contributed by atoms with Crippen molar-refractivity contribution in [2.45, 2.75) is 39.5 Å². The van der Waals surface area contributed by atoms with Gasteiger partial charge in [0.1, 0.15) is 22.3 Å². The van der Waals surface area contributed by atoms with Crippen LogP contribution in [0.3, 0.4) is 0 Å². The third-order valence-corrected chi connectivity index (χ3v) is 29.9. The van der Waals surface area contributed by atoms with Crippen LogP contribution >= 0.6 is 0 Å². The number of benzene rings is 24. The molecule has 0 radical (unpaired) electrons. The van der Waals surface area contributed by atoms with Gasteiger partial charge in [-0.2, -0.15) is 0 Å². The van der Waals surface area contributed by atoms with E-state index >= 15 is 0 Å². The first-order valence-electron chi connectivity index (χ1n) is 51.6. The maximum Gasteiger partial charge on any atom is 0.178 e. The second-order valence-electron chi connectivity index (χ2n) is 39.9. The maximum absolute atomic E-state index is 6.90. The first-order valence-corrected chi connectivity index (χ1v) is 51.6. The van der Waals surface area contributed by atoms with E-state index in [-0.39, 0.29) is 0 Å². The van der Waals surface area contributed by atoms with E-state index in [4.69, 9.17) is 17.7 Å². The molecule has 28 aromatic rings. The van der Waals surface area contributed by atoms with Crippen molar-refractivity contribution in [3.8, 4) is 66.8 Å². The van der Waals surface area contributed by atoms with Crippen molar-refractivity contribution in [3.05, 3.63) is 533 Å². The van der Waals surface area contributed by atoms with E-state index in [0.29, 0.717) is 11.8 Å². The molecule has 0 saturated heterocycles. The summed E-state index contributed by atoms with van der Waals surface area (Å²) in [5, 5.41) is 17.3. The van der Waals surface area contributed by atoms with Gasteiger partial charge in [0, 0.05) is 111 Å². The predicted molar refractivity (Wildman–Crippen MR) is 632 cm³/mol. The SMILES string of the molecule is CC(C)c1cccc(N(c2ccc(-c3ccccc3)cc2)c2ccc3cc4c(cc3c2)oc2c4ccc3c4cc5ccc(N(c6ccc(-c7ccccc7)cc6)c6cccc(C(C)C)c6)cc5cc4oc32)c1.c1ccc(-c2ccc(N(c3cccc(-c4ccccc4)c3)c3ccc4cc5c(cc4c3)oc3c5ccc4c5cc6ccc(N(c7ccc(-c8ccccc8)cc7)c7cccc(-c8ccccc8)c7)cc6cc5oc43)cc2)cc1. The fourth-order valence-corrected chi connectivity index (χ4v) is 22.1. The van der Waals surface area contributed by atoms with Crippen molar-refractivity contribution in [1.82, 2.24) is 0 Å². The Kier molecular flexibility index (Phi) is 22.5. The highest BCUT2D eigenvalue weighted by molar-refractivity contribution is 6.24. The van der Waals surface area contributed by atoms with E-state index in [2.05, 4.69) is 569 Å². The Balaban J connectivity index is 0.000000148. The fraction of sp³-hybridized carbons (Fsp3) is 0.0423. The summed E-state index contributed by atoms with van der Waals surface area (Å²) in [6, 6.07) is 188. The topological polar surface area (TPSA) is 65.5 Å². The number of hydrogen-bond donors (Lipinski definition) is 0. The van der Waals surface area contributed by atoms with Crippen LogP contribution in [0, 0.1) is 0 Å². The average molecular weight is 1930 g/mol. The summed E-state index contributed by atoms with van der Waals surface area (Å²) in [6.45, 7) is 9.00. The molecule has 0 amide bonds. The van der Waals surface area contributed by atoms with Gasteiger partial charge in [-0.15, -0.1) is 0 Å². The number of anilines is 12. The molecule has 0 aliphatic heterocycles. The summed E-state index contributed by atoms with van der Waals surface area (Å²) >= 11 is 0. The van der Waals surface area contributed by atoms with Crippen LogP contribution < -0.4 is 19.6 Å². The zero-order valence-corrected chi connectivity index (χ0v) is 83.2. The van der Waals surface area contributed by atoms with Crippen molar-refractivity contribution in [3.63, 3.8) is 0 Å². The van der Waals surface area contributed by atoms with Crippen LogP contribution in [0.15, 0.2) is 539 Å². The van der Waals surface area contributed by atoms with E-state index in [1.165, 1.54) is 66.8 Å². The molecule has 4 heterocycles. The zero-order valence-electron chi connectivity index (χ0n) is 83.2. The molecular formula is C142H100N4O4. The van der Waals surface area contributed by atoms with E-state index in [1.54, 1.807) is 0 Å². The normalized spacial score (nSPS) is 11.7. The molecule has 0 saturated carbocycles. The fourth-order valence-electron chi connectivity index (χ4n) is 22.1. The standard InChI is InChI=1S/C74H48N2O2.C68H52N2O2/c1-5-15-49(16-6-1)53-27-33-61(34-28-53)75(63-25-13-23-55(41-63)51-19-9-3-10-20-51)65-37-31-57-45-69-67-39-40-68-70-46-58-32-38-66(44-60(58)48-72(70)78-74(68)73(67)77-71(69)47-59(57)43-65)76(62-35-29-54(30-36-62)50-17-7-2-8-18-50)64-26-14-24-56(42-64)52-21-11-4-12-22-52;1-43(2)49-17-11-19-57(35-49)69(55-27-21-47(22-28-55)45-13-7-5-8-14-45)59-31-25-51-39-63-61-33-34-62-64-40-52-26-32-60(38-54(52)42-66(64)72-68(62)67(61)71-65(63)41-53(51)37-59)70(58-20-12-18-50(36-58)44(3)4)56-29-23-48(24-30-56)46-15-9-6-10-16-46/h1-48H;5-44H,1-4H3. The number of nitrogens with zero attached hydrogens (tertiary/aromatic N) is 4. The molecule has 0 fully saturated rings. The van der Waals surface area contributed by atoms with Crippen LogP contribution in [-0.2, 0) is 0 Å². The summed E-state index contributed by atoms with van der Waals surface area (Å²) < 4.78 is 27.5. The van der Waals surface area contributed by atoms with Gasteiger partial charge in [-0.1, -0.05) is 331 Å². The van der Waals surface area contributed by atoms with E-state index in [0.717, 1.165) is 210 Å². The van der Waals surface area contributed by atoms with Gasteiger partial charge in [0.2, 0.25) is 0 Å². The second-order valence-corrected chi connectivity index (χ2v) is 39.9.